The number of hydrogen-bond acceptors (Lipinski definition) is 2. The Morgan fingerprint density at radius 1 is 1.50 bits per heavy atom. The van der Waals surface area contributed by atoms with Crippen LogP contribution in [0.2, 0.25) is 0 Å². The van der Waals surface area contributed by atoms with Crippen LogP contribution >= 0.6 is 0 Å². The van der Waals surface area contributed by atoms with Crippen molar-refractivity contribution in [2.75, 3.05) is 0 Å². The summed E-state index contributed by atoms with van der Waals surface area (Å²) in [4.78, 5) is 22.5. The van der Waals surface area contributed by atoms with E-state index in [2.05, 4.69) is 16.6 Å². The molecule has 5 nitrogen and oxygen atoms in total. The average molecular weight is 252 g/mol. The minimum atomic E-state index is -0.779. The van der Waals surface area contributed by atoms with E-state index in [-0.39, 0.29) is 24.0 Å². The third kappa shape index (κ3) is 4.28. The zero-order valence-corrected chi connectivity index (χ0v) is 10.6. The van der Waals surface area contributed by atoms with E-state index in [9.17, 15) is 9.59 Å². The maximum Gasteiger partial charge on any atom is 0.315 e. The molecule has 1 unspecified atom stereocenters. The highest BCUT2D eigenvalue weighted by Crippen LogP contribution is 2.25. The molecule has 1 fully saturated rings. The number of hydrogen-bond donors (Lipinski definition) is 3. The van der Waals surface area contributed by atoms with Crippen LogP contribution in [0, 0.1) is 18.3 Å². The summed E-state index contributed by atoms with van der Waals surface area (Å²) in [6, 6.07) is -0.325. The molecule has 100 valence electrons. The fourth-order valence-corrected chi connectivity index (χ4v) is 2.19. The van der Waals surface area contributed by atoms with Gasteiger partial charge in [0.05, 0.1) is 5.92 Å². The van der Waals surface area contributed by atoms with E-state index in [1.165, 1.54) is 0 Å². The molecule has 5 heteroatoms. The normalized spacial score (nSPS) is 24.0. The third-order valence-electron chi connectivity index (χ3n) is 3.31. The van der Waals surface area contributed by atoms with Gasteiger partial charge in [-0.1, -0.05) is 6.92 Å². The first-order valence-electron chi connectivity index (χ1n) is 6.30. The Bertz CT molecular complexity index is 349. The number of carbonyl (C=O) groups excluding carboxylic acids is 1. The second-order valence-corrected chi connectivity index (χ2v) is 4.68. The predicted octanol–water partition coefficient (Wildman–Crippen LogP) is 1.34. The molecule has 1 aliphatic rings. The fourth-order valence-electron chi connectivity index (χ4n) is 2.19. The number of rotatable bonds is 5. The van der Waals surface area contributed by atoms with Gasteiger partial charge in [-0.15, -0.1) is 12.3 Å². The first-order chi connectivity index (χ1) is 8.56. The molecule has 1 saturated carbocycles. The molecule has 0 aromatic heterocycles. The summed E-state index contributed by atoms with van der Waals surface area (Å²) in [5, 5.41) is 14.5. The molecule has 0 spiro atoms. The van der Waals surface area contributed by atoms with Crippen LogP contribution in [0.4, 0.5) is 4.79 Å². The lowest BCUT2D eigenvalue weighted by molar-refractivity contribution is -0.141. The number of aliphatic carboxylic acids is 1. The second kappa shape index (κ2) is 6.90. The number of amides is 2. The van der Waals surface area contributed by atoms with Gasteiger partial charge in [0.1, 0.15) is 0 Å². The lowest BCUT2D eigenvalue weighted by atomic mass is 10.1. The van der Waals surface area contributed by atoms with Crippen molar-refractivity contribution in [1.29, 1.82) is 0 Å². The lowest BCUT2D eigenvalue weighted by Crippen LogP contribution is -2.45. The van der Waals surface area contributed by atoms with Crippen LogP contribution in [-0.2, 0) is 4.79 Å². The minimum absolute atomic E-state index is 0.0216. The first kappa shape index (κ1) is 14.4. The minimum Gasteiger partial charge on any atom is -0.481 e. The van der Waals surface area contributed by atoms with Crippen LogP contribution in [0.1, 0.15) is 39.0 Å². The van der Waals surface area contributed by atoms with Crippen LogP contribution in [0.25, 0.3) is 0 Å². The van der Waals surface area contributed by atoms with Gasteiger partial charge in [-0.3, -0.25) is 4.79 Å². The highest BCUT2D eigenvalue weighted by Gasteiger charge is 2.30. The van der Waals surface area contributed by atoms with Gasteiger partial charge in [0, 0.05) is 18.5 Å². The second-order valence-electron chi connectivity index (χ2n) is 4.68. The van der Waals surface area contributed by atoms with E-state index in [1.54, 1.807) is 0 Å². The monoisotopic (exact) mass is 252 g/mol. The van der Waals surface area contributed by atoms with Crippen molar-refractivity contribution in [3.8, 4) is 12.3 Å². The van der Waals surface area contributed by atoms with Gasteiger partial charge in [0.25, 0.3) is 0 Å². The molecular formula is C13H20N2O3. The molecule has 3 atom stereocenters. The summed E-state index contributed by atoms with van der Waals surface area (Å²) in [5.41, 5.74) is 0. The highest BCUT2D eigenvalue weighted by molar-refractivity contribution is 5.75. The Balaban J connectivity index is 2.33. The van der Waals surface area contributed by atoms with E-state index in [0.29, 0.717) is 19.3 Å². The Hall–Kier alpha value is -1.70. The zero-order valence-electron chi connectivity index (χ0n) is 10.6. The van der Waals surface area contributed by atoms with Gasteiger partial charge < -0.3 is 15.7 Å². The van der Waals surface area contributed by atoms with Crippen molar-refractivity contribution in [1.82, 2.24) is 10.6 Å². The summed E-state index contributed by atoms with van der Waals surface area (Å²) in [5.74, 6) is 1.41. The molecular weight excluding hydrogens is 232 g/mol. The van der Waals surface area contributed by atoms with Gasteiger partial charge in [-0.25, -0.2) is 4.79 Å². The van der Waals surface area contributed by atoms with Crippen LogP contribution in [0.15, 0.2) is 0 Å². The molecule has 1 aliphatic carbocycles. The van der Waals surface area contributed by atoms with Gasteiger partial charge >= 0.3 is 12.0 Å². The molecule has 0 aromatic carbocycles. The highest BCUT2D eigenvalue weighted by atomic mass is 16.4. The fraction of sp³-hybridized carbons (Fsp3) is 0.692. The van der Waals surface area contributed by atoms with E-state index >= 15 is 0 Å². The number of carbonyl (C=O) groups is 2. The molecule has 0 aromatic rings. The molecule has 0 saturated heterocycles. The van der Waals surface area contributed by atoms with Crippen molar-refractivity contribution >= 4 is 12.0 Å². The molecule has 0 aliphatic heterocycles. The van der Waals surface area contributed by atoms with Crippen molar-refractivity contribution in [3.63, 3.8) is 0 Å². The third-order valence-corrected chi connectivity index (χ3v) is 3.31. The number of terminal acetylenes is 1. The lowest BCUT2D eigenvalue weighted by Gasteiger charge is -2.18. The average Bonchev–Trinajstić information content (AvgIpc) is 2.77. The van der Waals surface area contributed by atoms with E-state index in [4.69, 9.17) is 11.5 Å². The van der Waals surface area contributed by atoms with Crippen molar-refractivity contribution in [3.05, 3.63) is 0 Å². The standard InChI is InChI=1S/C13H20N2O3/c1-3-5-10(4-2)14-13(18)15-11-7-6-9(8-11)12(16)17/h1,9-11H,4-8H2,2H3,(H,16,17)(H2,14,15,18)/t9-,10?,11+/m1/s1. The molecule has 0 bridgehead atoms. The zero-order chi connectivity index (χ0) is 13.5. The number of urea groups is 1. The summed E-state index contributed by atoms with van der Waals surface area (Å²) < 4.78 is 0. The Kier molecular flexibility index (Phi) is 5.50. The van der Waals surface area contributed by atoms with Crippen LogP contribution in [0.5, 0.6) is 0 Å². The number of carboxylic acids is 1. The number of carboxylic acid groups (broad SMARTS) is 1. The quantitative estimate of drug-likeness (QED) is 0.646. The Morgan fingerprint density at radius 3 is 2.72 bits per heavy atom. The van der Waals surface area contributed by atoms with E-state index in [1.807, 2.05) is 6.92 Å². The largest absolute Gasteiger partial charge is 0.481 e. The smallest absolute Gasteiger partial charge is 0.315 e. The summed E-state index contributed by atoms with van der Waals surface area (Å²) in [7, 11) is 0. The predicted molar refractivity (Wildman–Crippen MR) is 68.0 cm³/mol. The molecule has 0 heterocycles. The first-order valence-corrected chi connectivity index (χ1v) is 6.30. The number of nitrogens with one attached hydrogen (secondary N) is 2. The maximum atomic E-state index is 11.7. The summed E-state index contributed by atoms with van der Waals surface area (Å²) >= 11 is 0. The molecule has 1 rings (SSSR count). The molecule has 2 amide bonds. The van der Waals surface area contributed by atoms with Gasteiger partial charge in [-0.05, 0) is 25.7 Å². The maximum absolute atomic E-state index is 11.7. The van der Waals surface area contributed by atoms with E-state index < -0.39 is 5.97 Å². The Labute approximate surface area is 107 Å². The van der Waals surface area contributed by atoms with Crippen molar-refractivity contribution < 1.29 is 14.7 Å². The van der Waals surface area contributed by atoms with Gasteiger partial charge in [0.2, 0.25) is 0 Å². The summed E-state index contributed by atoms with van der Waals surface area (Å²) in [6.45, 7) is 1.96. The molecule has 18 heavy (non-hydrogen) atoms. The molecule has 0 radical (unpaired) electrons. The van der Waals surface area contributed by atoms with Gasteiger partial charge in [0.15, 0.2) is 0 Å². The Morgan fingerprint density at radius 2 is 2.22 bits per heavy atom. The van der Waals surface area contributed by atoms with Crippen LogP contribution in [0.3, 0.4) is 0 Å². The van der Waals surface area contributed by atoms with E-state index in [0.717, 1.165) is 12.8 Å². The summed E-state index contributed by atoms with van der Waals surface area (Å²) in [6.07, 6.45) is 8.35. The van der Waals surface area contributed by atoms with Crippen molar-refractivity contribution in [2.24, 2.45) is 5.92 Å². The van der Waals surface area contributed by atoms with Crippen LogP contribution in [-0.4, -0.2) is 29.2 Å². The van der Waals surface area contributed by atoms with Crippen LogP contribution < -0.4 is 10.6 Å². The van der Waals surface area contributed by atoms with Crippen molar-refractivity contribution in [2.45, 2.75) is 51.1 Å². The topological polar surface area (TPSA) is 78.4 Å². The van der Waals surface area contributed by atoms with Gasteiger partial charge in [-0.2, -0.15) is 0 Å². The SMILES string of the molecule is C#CCC(CC)NC(=O)N[C@H]1CC[C@@H](C(=O)O)C1. The molecule has 3 N–H and O–H groups in total.